The molecule has 0 atom stereocenters. The van der Waals surface area contributed by atoms with Gasteiger partial charge in [-0.05, 0) is 6.07 Å². The Kier molecular flexibility index (Phi) is 4.67. The van der Waals surface area contributed by atoms with Gasteiger partial charge in [0.25, 0.3) is 5.91 Å². The zero-order valence-electron chi connectivity index (χ0n) is 12.3. The van der Waals surface area contributed by atoms with Crippen LogP contribution in [0.3, 0.4) is 0 Å². The van der Waals surface area contributed by atoms with Crippen molar-refractivity contribution in [3.63, 3.8) is 0 Å². The molecule has 0 radical (unpaired) electrons. The molecule has 22 heavy (non-hydrogen) atoms. The summed E-state index contributed by atoms with van der Waals surface area (Å²) in [5, 5.41) is 2.66. The fourth-order valence-electron chi connectivity index (χ4n) is 1.84. The minimum atomic E-state index is -0.524. The van der Waals surface area contributed by atoms with E-state index < -0.39 is 11.5 Å². The first-order valence-corrected chi connectivity index (χ1v) is 6.29. The van der Waals surface area contributed by atoms with Gasteiger partial charge in [-0.15, -0.1) is 0 Å². The van der Waals surface area contributed by atoms with Crippen LogP contribution < -0.4 is 25.2 Å². The number of hydrogen-bond acceptors (Lipinski definition) is 6. The molecule has 1 amide bonds. The Bertz CT molecular complexity index is 692. The highest BCUT2D eigenvalue weighted by molar-refractivity contribution is 6.04. The molecule has 0 saturated heterocycles. The summed E-state index contributed by atoms with van der Waals surface area (Å²) in [5.41, 5.74) is 0.142. The van der Waals surface area contributed by atoms with Crippen LogP contribution in [0.25, 0.3) is 0 Å². The molecule has 1 heterocycles. The molecule has 1 aromatic heterocycles. The van der Waals surface area contributed by atoms with Crippen molar-refractivity contribution in [1.29, 1.82) is 0 Å². The Morgan fingerprint density at radius 2 is 1.68 bits per heavy atom. The largest absolute Gasteiger partial charge is 0.493 e. The number of methoxy groups -OCH3 is 3. The van der Waals surface area contributed by atoms with Crippen LogP contribution in [0.4, 0.5) is 5.69 Å². The number of nitrogens with one attached hydrogen (secondary N) is 1. The molecule has 0 fully saturated rings. The molecule has 1 N–H and O–H groups in total. The maximum Gasteiger partial charge on any atom is 0.335 e. The highest BCUT2D eigenvalue weighted by Gasteiger charge is 2.15. The summed E-state index contributed by atoms with van der Waals surface area (Å²) in [7, 11) is 4.45. The lowest BCUT2D eigenvalue weighted by molar-refractivity contribution is 0.102. The predicted octanol–water partition coefficient (Wildman–Crippen LogP) is 1.92. The monoisotopic (exact) mass is 305 g/mol. The molecule has 0 unspecified atom stereocenters. The van der Waals surface area contributed by atoms with Gasteiger partial charge in [-0.3, -0.25) is 4.79 Å². The van der Waals surface area contributed by atoms with Crippen molar-refractivity contribution in [2.24, 2.45) is 0 Å². The Hall–Kier alpha value is -2.96. The molecule has 7 nitrogen and oxygen atoms in total. The standard InChI is InChI=1S/C15H15NO6/c1-19-11-6-10(7-12(20-2)14(11)21-3)16-15(18)9-4-5-13(17)22-8-9/h4-8H,1-3H3,(H,16,18). The first-order valence-electron chi connectivity index (χ1n) is 6.29. The third-order valence-electron chi connectivity index (χ3n) is 2.89. The molecular formula is C15H15NO6. The normalized spacial score (nSPS) is 9.95. The molecule has 0 spiro atoms. The van der Waals surface area contributed by atoms with Gasteiger partial charge in [-0.1, -0.05) is 0 Å². The first kappa shape index (κ1) is 15.4. The number of carbonyl (C=O) groups is 1. The zero-order chi connectivity index (χ0) is 16.1. The van der Waals surface area contributed by atoms with E-state index >= 15 is 0 Å². The summed E-state index contributed by atoms with van der Waals surface area (Å²) in [6, 6.07) is 5.74. The SMILES string of the molecule is COc1cc(NC(=O)c2ccc(=O)oc2)cc(OC)c1OC. The molecule has 1 aromatic carbocycles. The minimum Gasteiger partial charge on any atom is -0.493 e. The lowest BCUT2D eigenvalue weighted by Crippen LogP contribution is -2.13. The van der Waals surface area contributed by atoms with Crippen molar-refractivity contribution < 1.29 is 23.4 Å². The maximum absolute atomic E-state index is 12.1. The van der Waals surface area contributed by atoms with E-state index in [0.29, 0.717) is 22.9 Å². The van der Waals surface area contributed by atoms with E-state index in [1.807, 2.05) is 0 Å². The number of amides is 1. The molecule has 116 valence electrons. The molecule has 0 aliphatic carbocycles. The Morgan fingerprint density at radius 3 is 2.14 bits per heavy atom. The molecule has 2 aromatic rings. The first-order chi connectivity index (χ1) is 10.6. The van der Waals surface area contributed by atoms with Gasteiger partial charge in [0.15, 0.2) is 11.5 Å². The van der Waals surface area contributed by atoms with E-state index in [2.05, 4.69) is 9.73 Å². The Labute approximate surface area is 126 Å². The summed E-state index contributed by atoms with van der Waals surface area (Å²) in [6.07, 6.45) is 1.09. The molecule has 0 aliphatic heterocycles. The van der Waals surface area contributed by atoms with E-state index in [9.17, 15) is 9.59 Å². The molecular weight excluding hydrogens is 290 g/mol. The van der Waals surface area contributed by atoms with Gasteiger partial charge in [0.2, 0.25) is 5.75 Å². The molecule has 0 saturated carbocycles. The van der Waals surface area contributed by atoms with Crippen LogP contribution >= 0.6 is 0 Å². The fraction of sp³-hybridized carbons (Fsp3) is 0.200. The van der Waals surface area contributed by atoms with Crippen LogP contribution in [-0.4, -0.2) is 27.2 Å². The number of ether oxygens (including phenoxy) is 3. The van der Waals surface area contributed by atoms with E-state index in [1.165, 1.54) is 33.5 Å². The second kappa shape index (κ2) is 6.66. The molecule has 7 heteroatoms. The van der Waals surface area contributed by atoms with Gasteiger partial charge in [0.1, 0.15) is 6.26 Å². The van der Waals surface area contributed by atoms with E-state index in [-0.39, 0.29) is 5.56 Å². The van der Waals surface area contributed by atoms with Crippen LogP contribution in [0, 0.1) is 0 Å². The van der Waals surface area contributed by atoms with Gasteiger partial charge in [-0.25, -0.2) is 4.79 Å². The average Bonchev–Trinajstić information content (AvgIpc) is 2.54. The summed E-state index contributed by atoms with van der Waals surface area (Å²) >= 11 is 0. The smallest absolute Gasteiger partial charge is 0.335 e. The van der Waals surface area contributed by atoms with Crippen LogP contribution in [0.1, 0.15) is 10.4 Å². The van der Waals surface area contributed by atoms with Crippen molar-refractivity contribution in [2.75, 3.05) is 26.6 Å². The predicted molar refractivity (Wildman–Crippen MR) is 79.0 cm³/mol. The van der Waals surface area contributed by atoms with Crippen LogP contribution in [-0.2, 0) is 0 Å². The number of rotatable bonds is 5. The number of carbonyl (C=O) groups excluding carboxylic acids is 1. The third kappa shape index (κ3) is 3.20. The topological polar surface area (TPSA) is 87.0 Å². The van der Waals surface area contributed by atoms with Crippen LogP contribution in [0.2, 0.25) is 0 Å². The van der Waals surface area contributed by atoms with Crippen molar-refractivity contribution in [3.05, 3.63) is 46.5 Å². The van der Waals surface area contributed by atoms with Gasteiger partial charge < -0.3 is 23.9 Å². The van der Waals surface area contributed by atoms with E-state index in [0.717, 1.165) is 6.26 Å². The second-order valence-electron chi connectivity index (χ2n) is 4.21. The summed E-state index contributed by atoms with van der Waals surface area (Å²) in [4.78, 5) is 23.0. The van der Waals surface area contributed by atoms with E-state index in [1.54, 1.807) is 12.1 Å². The highest BCUT2D eigenvalue weighted by atomic mass is 16.5. The highest BCUT2D eigenvalue weighted by Crippen LogP contribution is 2.39. The quantitative estimate of drug-likeness (QED) is 0.908. The van der Waals surface area contributed by atoms with Crippen LogP contribution in [0.5, 0.6) is 17.2 Å². The zero-order valence-corrected chi connectivity index (χ0v) is 12.3. The Balaban J connectivity index is 2.31. The van der Waals surface area contributed by atoms with Crippen molar-refractivity contribution in [2.45, 2.75) is 0 Å². The summed E-state index contributed by atoms with van der Waals surface area (Å²) in [5.74, 6) is 0.820. The lowest BCUT2D eigenvalue weighted by Gasteiger charge is -2.14. The average molecular weight is 305 g/mol. The third-order valence-corrected chi connectivity index (χ3v) is 2.89. The van der Waals surface area contributed by atoms with Crippen LogP contribution in [0.15, 0.2) is 39.7 Å². The minimum absolute atomic E-state index is 0.216. The van der Waals surface area contributed by atoms with Gasteiger partial charge in [-0.2, -0.15) is 0 Å². The van der Waals surface area contributed by atoms with Crippen molar-refractivity contribution >= 4 is 11.6 Å². The lowest BCUT2D eigenvalue weighted by atomic mass is 10.2. The number of benzene rings is 1. The van der Waals surface area contributed by atoms with Crippen molar-refractivity contribution in [3.8, 4) is 17.2 Å². The molecule has 0 bridgehead atoms. The van der Waals surface area contributed by atoms with Crippen molar-refractivity contribution in [1.82, 2.24) is 0 Å². The fourth-order valence-corrected chi connectivity index (χ4v) is 1.84. The Morgan fingerprint density at radius 1 is 1.05 bits per heavy atom. The van der Waals surface area contributed by atoms with Gasteiger partial charge >= 0.3 is 5.63 Å². The summed E-state index contributed by atoms with van der Waals surface area (Å²) < 4.78 is 20.3. The number of anilines is 1. The summed E-state index contributed by atoms with van der Waals surface area (Å²) in [6.45, 7) is 0. The number of hydrogen-bond donors (Lipinski definition) is 1. The second-order valence-corrected chi connectivity index (χ2v) is 4.21. The van der Waals surface area contributed by atoms with Gasteiger partial charge in [0.05, 0.1) is 26.9 Å². The van der Waals surface area contributed by atoms with Gasteiger partial charge in [0, 0.05) is 23.9 Å². The molecule has 0 aliphatic rings. The van der Waals surface area contributed by atoms with E-state index in [4.69, 9.17) is 14.2 Å². The molecule has 2 rings (SSSR count). The maximum atomic E-state index is 12.1.